The molecule has 0 spiro atoms. The van der Waals surface area contributed by atoms with Crippen LogP contribution in [0.3, 0.4) is 0 Å². The van der Waals surface area contributed by atoms with Crippen molar-refractivity contribution in [3.63, 3.8) is 0 Å². The molecule has 15 heavy (non-hydrogen) atoms. The second-order valence-corrected chi connectivity index (χ2v) is 3.55. The Labute approximate surface area is 89.2 Å². The predicted octanol–water partition coefficient (Wildman–Crippen LogP) is 1.92. The molecule has 0 bridgehead atoms. The van der Waals surface area contributed by atoms with Gasteiger partial charge in [0.25, 0.3) is 0 Å². The average molecular weight is 203 g/mol. The Morgan fingerprint density at radius 3 is 3.07 bits per heavy atom. The molecular weight excluding hydrogens is 190 g/mol. The van der Waals surface area contributed by atoms with Crippen LogP contribution in [0.25, 0.3) is 0 Å². The molecule has 1 atom stereocenters. The smallest absolute Gasteiger partial charge is 0.124 e. The number of hydrogen-bond acceptors (Lipinski definition) is 3. The quantitative estimate of drug-likeness (QED) is 0.753. The fourth-order valence-electron chi connectivity index (χ4n) is 1.64. The van der Waals surface area contributed by atoms with E-state index in [-0.39, 0.29) is 6.10 Å². The Balaban J connectivity index is 2.09. The van der Waals surface area contributed by atoms with Gasteiger partial charge in [0.15, 0.2) is 0 Å². The number of nitriles is 1. The molecule has 1 saturated heterocycles. The van der Waals surface area contributed by atoms with Crippen molar-refractivity contribution in [1.82, 2.24) is 0 Å². The molecule has 0 N–H and O–H groups in total. The first-order valence-electron chi connectivity index (χ1n) is 5.09. The lowest BCUT2D eigenvalue weighted by molar-refractivity contribution is 0.141. The molecule has 0 aromatic heterocycles. The maximum absolute atomic E-state index is 8.67. The van der Waals surface area contributed by atoms with E-state index in [1.807, 2.05) is 24.3 Å². The van der Waals surface area contributed by atoms with Crippen molar-refractivity contribution in [3.05, 3.63) is 29.8 Å². The van der Waals surface area contributed by atoms with E-state index in [4.69, 9.17) is 14.7 Å². The summed E-state index contributed by atoms with van der Waals surface area (Å²) in [5.41, 5.74) is 0.951. The van der Waals surface area contributed by atoms with Crippen LogP contribution in [0.5, 0.6) is 5.75 Å². The molecule has 1 unspecified atom stereocenters. The topological polar surface area (TPSA) is 42.2 Å². The van der Waals surface area contributed by atoms with Crippen LogP contribution < -0.4 is 4.74 Å². The predicted molar refractivity (Wildman–Crippen MR) is 55.6 cm³/mol. The molecule has 0 aliphatic carbocycles. The molecule has 2 rings (SSSR count). The largest absolute Gasteiger partial charge is 0.488 e. The number of rotatable bonds is 3. The zero-order valence-corrected chi connectivity index (χ0v) is 8.48. The third-order valence-electron chi connectivity index (χ3n) is 2.42. The van der Waals surface area contributed by atoms with Gasteiger partial charge in [-0.05, 0) is 6.07 Å². The molecule has 1 aliphatic rings. The molecule has 1 heterocycles. The monoisotopic (exact) mass is 203 g/mol. The molecule has 1 aromatic rings. The minimum atomic E-state index is 0.143. The van der Waals surface area contributed by atoms with Gasteiger partial charge in [-0.3, -0.25) is 0 Å². The summed E-state index contributed by atoms with van der Waals surface area (Å²) < 4.78 is 11.0. The summed E-state index contributed by atoms with van der Waals surface area (Å²) in [7, 11) is 0. The van der Waals surface area contributed by atoms with Gasteiger partial charge in [0, 0.05) is 12.0 Å². The number of para-hydroxylation sites is 1. The first-order chi connectivity index (χ1) is 7.40. The zero-order chi connectivity index (χ0) is 10.5. The summed E-state index contributed by atoms with van der Waals surface area (Å²) >= 11 is 0. The standard InChI is InChI=1S/C12H13NO2/c13-7-5-10-3-1-2-4-12(10)15-11-6-8-14-9-11/h1-4,11H,5-6,8-9H2. The Morgan fingerprint density at radius 2 is 2.33 bits per heavy atom. The van der Waals surface area contributed by atoms with E-state index in [1.54, 1.807) is 0 Å². The molecule has 0 radical (unpaired) electrons. The molecule has 78 valence electrons. The third-order valence-corrected chi connectivity index (χ3v) is 2.42. The summed E-state index contributed by atoms with van der Waals surface area (Å²) in [6.45, 7) is 1.42. The van der Waals surface area contributed by atoms with E-state index in [0.717, 1.165) is 24.3 Å². The van der Waals surface area contributed by atoms with Gasteiger partial charge in [-0.25, -0.2) is 0 Å². The van der Waals surface area contributed by atoms with E-state index in [1.165, 1.54) is 0 Å². The lowest BCUT2D eigenvalue weighted by atomic mass is 10.1. The molecule has 3 nitrogen and oxygen atoms in total. The van der Waals surface area contributed by atoms with Crippen LogP contribution in [-0.4, -0.2) is 19.3 Å². The van der Waals surface area contributed by atoms with E-state index in [9.17, 15) is 0 Å². The van der Waals surface area contributed by atoms with Crippen molar-refractivity contribution in [2.75, 3.05) is 13.2 Å². The van der Waals surface area contributed by atoms with Crippen molar-refractivity contribution in [1.29, 1.82) is 5.26 Å². The van der Waals surface area contributed by atoms with Crippen LogP contribution in [0.1, 0.15) is 12.0 Å². The highest BCUT2D eigenvalue weighted by Crippen LogP contribution is 2.21. The zero-order valence-electron chi connectivity index (χ0n) is 8.48. The molecule has 1 fully saturated rings. The van der Waals surface area contributed by atoms with Crippen LogP contribution in [0.15, 0.2) is 24.3 Å². The number of benzene rings is 1. The maximum Gasteiger partial charge on any atom is 0.124 e. The summed E-state index contributed by atoms with van der Waals surface area (Å²) in [6.07, 6.45) is 1.47. The van der Waals surface area contributed by atoms with Gasteiger partial charge in [0.05, 0.1) is 25.7 Å². The summed E-state index contributed by atoms with van der Waals surface area (Å²) in [5, 5.41) is 8.67. The molecule has 3 heteroatoms. The minimum absolute atomic E-state index is 0.143. The Bertz CT molecular complexity index is 364. The lowest BCUT2D eigenvalue weighted by Gasteiger charge is -2.14. The highest BCUT2D eigenvalue weighted by Gasteiger charge is 2.18. The highest BCUT2D eigenvalue weighted by atomic mass is 16.5. The second-order valence-electron chi connectivity index (χ2n) is 3.55. The fourth-order valence-corrected chi connectivity index (χ4v) is 1.64. The Hall–Kier alpha value is -1.53. The Kier molecular flexibility index (Phi) is 3.21. The van der Waals surface area contributed by atoms with Crippen molar-refractivity contribution in [2.45, 2.75) is 18.9 Å². The SMILES string of the molecule is N#CCc1ccccc1OC1CCOC1. The normalized spacial score (nSPS) is 19.8. The molecule has 1 aromatic carbocycles. The van der Waals surface area contributed by atoms with Crippen LogP contribution in [0, 0.1) is 11.3 Å². The van der Waals surface area contributed by atoms with Gasteiger partial charge in [0.1, 0.15) is 11.9 Å². The van der Waals surface area contributed by atoms with Crippen molar-refractivity contribution >= 4 is 0 Å². The van der Waals surface area contributed by atoms with E-state index < -0.39 is 0 Å². The molecule has 1 aliphatic heterocycles. The number of ether oxygens (including phenoxy) is 2. The molecular formula is C12H13NO2. The van der Waals surface area contributed by atoms with Gasteiger partial charge in [-0.1, -0.05) is 18.2 Å². The van der Waals surface area contributed by atoms with E-state index in [0.29, 0.717) is 13.0 Å². The molecule has 0 saturated carbocycles. The van der Waals surface area contributed by atoms with Gasteiger partial charge < -0.3 is 9.47 Å². The first-order valence-corrected chi connectivity index (χ1v) is 5.09. The second kappa shape index (κ2) is 4.81. The summed E-state index contributed by atoms with van der Waals surface area (Å²) in [4.78, 5) is 0. The van der Waals surface area contributed by atoms with Gasteiger partial charge in [-0.15, -0.1) is 0 Å². The summed E-state index contributed by atoms with van der Waals surface area (Å²) in [5.74, 6) is 0.814. The Morgan fingerprint density at radius 1 is 1.47 bits per heavy atom. The van der Waals surface area contributed by atoms with Gasteiger partial charge >= 0.3 is 0 Å². The van der Waals surface area contributed by atoms with Crippen LogP contribution in [0.2, 0.25) is 0 Å². The average Bonchev–Trinajstić information content (AvgIpc) is 2.74. The van der Waals surface area contributed by atoms with E-state index >= 15 is 0 Å². The first kappa shape index (κ1) is 10.0. The molecule has 0 amide bonds. The van der Waals surface area contributed by atoms with Crippen LogP contribution in [0.4, 0.5) is 0 Å². The maximum atomic E-state index is 8.67. The lowest BCUT2D eigenvalue weighted by Crippen LogP contribution is -2.16. The number of hydrogen-bond donors (Lipinski definition) is 0. The van der Waals surface area contributed by atoms with Gasteiger partial charge in [0.2, 0.25) is 0 Å². The summed E-state index contributed by atoms with van der Waals surface area (Å²) in [6, 6.07) is 9.81. The van der Waals surface area contributed by atoms with Gasteiger partial charge in [-0.2, -0.15) is 5.26 Å². The van der Waals surface area contributed by atoms with Crippen molar-refractivity contribution in [3.8, 4) is 11.8 Å². The minimum Gasteiger partial charge on any atom is -0.488 e. The van der Waals surface area contributed by atoms with Crippen LogP contribution >= 0.6 is 0 Å². The fraction of sp³-hybridized carbons (Fsp3) is 0.417. The van der Waals surface area contributed by atoms with E-state index in [2.05, 4.69) is 6.07 Å². The van der Waals surface area contributed by atoms with Crippen LogP contribution in [-0.2, 0) is 11.2 Å². The number of nitrogens with zero attached hydrogens (tertiary/aromatic N) is 1. The third kappa shape index (κ3) is 2.48. The van der Waals surface area contributed by atoms with Crippen molar-refractivity contribution in [2.24, 2.45) is 0 Å². The van der Waals surface area contributed by atoms with Crippen molar-refractivity contribution < 1.29 is 9.47 Å². The highest BCUT2D eigenvalue weighted by molar-refractivity contribution is 5.35.